The van der Waals surface area contributed by atoms with Gasteiger partial charge >= 0.3 is 0 Å². The van der Waals surface area contributed by atoms with Crippen molar-refractivity contribution in [1.82, 2.24) is 5.32 Å². The van der Waals surface area contributed by atoms with Gasteiger partial charge in [0.15, 0.2) is 0 Å². The van der Waals surface area contributed by atoms with E-state index in [4.69, 9.17) is 21.1 Å². The minimum Gasteiger partial charge on any atom is -0.497 e. The smallest absolute Gasteiger partial charge is 0.264 e. The SMILES string of the molecule is COc1ccc([C@H](CC(C)C)NC(=O)CN(c2cc(Cl)ccc2OC)S(=O)(=O)c2ccccc2)cc1. The van der Waals surface area contributed by atoms with E-state index >= 15 is 0 Å². The first-order valence-electron chi connectivity index (χ1n) is 11.5. The van der Waals surface area contributed by atoms with Crippen LogP contribution in [-0.2, 0) is 14.8 Å². The summed E-state index contributed by atoms with van der Waals surface area (Å²) in [5, 5.41) is 3.33. The van der Waals surface area contributed by atoms with E-state index in [1.54, 1.807) is 37.4 Å². The van der Waals surface area contributed by atoms with Crippen LogP contribution < -0.4 is 19.1 Å². The molecule has 1 amide bonds. The van der Waals surface area contributed by atoms with Crippen LogP contribution in [-0.4, -0.2) is 35.1 Å². The molecule has 0 heterocycles. The number of hydrogen-bond donors (Lipinski definition) is 1. The zero-order valence-electron chi connectivity index (χ0n) is 20.8. The molecule has 0 fully saturated rings. The first kappa shape index (κ1) is 27.4. The molecule has 192 valence electrons. The van der Waals surface area contributed by atoms with Gasteiger partial charge in [-0.05, 0) is 60.4 Å². The zero-order valence-corrected chi connectivity index (χ0v) is 22.3. The van der Waals surface area contributed by atoms with Crippen molar-refractivity contribution in [2.75, 3.05) is 25.1 Å². The van der Waals surface area contributed by atoms with Crippen LogP contribution in [0.4, 0.5) is 5.69 Å². The lowest BCUT2D eigenvalue weighted by atomic mass is 9.97. The Morgan fingerprint density at radius 3 is 2.22 bits per heavy atom. The van der Waals surface area contributed by atoms with E-state index in [0.717, 1.165) is 9.87 Å². The third kappa shape index (κ3) is 6.71. The number of benzene rings is 3. The molecule has 0 unspecified atom stereocenters. The topological polar surface area (TPSA) is 84.9 Å². The molecule has 0 aromatic heterocycles. The number of amides is 1. The highest BCUT2D eigenvalue weighted by molar-refractivity contribution is 7.92. The van der Waals surface area contributed by atoms with Crippen molar-refractivity contribution in [3.8, 4) is 11.5 Å². The van der Waals surface area contributed by atoms with Gasteiger partial charge in [-0.2, -0.15) is 0 Å². The minimum absolute atomic E-state index is 0.0497. The van der Waals surface area contributed by atoms with E-state index in [2.05, 4.69) is 19.2 Å². The maximum absolute atomic E-state index is 13.7. The summed E-state index contributed by atoms with van der Waals surface area (Å²) >= 11 is 6.21. The highest BCUT2D eigenvalue weighted by Crippen LogP contribution is 2.35. The number of sulfonamides is 1. The van der Waals surface area contributed by atoms with Gasteiger partial charge in [-0.15, -0.1) is 0 Å². The van der Waals surface area contributed by atoms with E-state index < -0.39 is 22.5 Å². The van der Waals surface area contributed by atoms with Crippen molar-refractivity contribution in [3.63, 3.8) is 0 Å². The van der Waals surface area contributed by atoms with Crippen LogP contribution in [0.3, 0.4) is 0 Å². The van der Waals surface area contributed by atoms with E-state index in [0.29, 0.717) is 17.2 Å². The molecular formula is C27H31ClN2O5S. The maximum Gasteiger partial charge on any atom is 0.264 e. The second-order valence-electron chi connectivity index (χ2n) is 8.66. The predicted octanol–water partition coefficient (Wildman–Crippen LogP) is 5.46. The Kier molecular flexibility index (Phi) is 9.23. The average molecular weight is 531 g/mol. The largest absolute Gasteiger partial charge is 0.497 e. The summed E-state index contributed by atoms with van der Waals surface area (Å²) in [6.07, 6.45) is 0.671. The molecule has 0 saturated carbocycles. The van der Waals surface area contributed by atoms with Crippen molar-refractivity contribution >= 4 is 33.2 Å². The predicted molar refractivity (Wildman–Crippen MR) is 142 cm³/mol. The van der Waals surface area contributed by atoms with E-state index in [-0.39, 0.29) is 28.3 Å². The number of halogens is 1. The van der Waals surface area contributed by atoms with Crippen molar-refractivity contribution in [3.05, 3.63) is 83.4 Å². The molecule has 3 aromatic carbocycles. The fraction of sp³-hybridized carbons (Fsp3) is 0.296. The maximum atomic E-state index is 13.7. The summed E-state index contributed by atoms with van der Waals surface area (Å²) in [6, 6.07) is 19.7. The molecule has 1 N–H and O–H groups in total. The van der Waals surface area contributed by atoms with Crippen molar-refractivity contribution in [1.29, 1.82) is 0 Å². The van der Waals surface area contributed by atoms with Crippen molar-refractivity contribution in [2.24, 2.45) is 5.92 Å². The number of carbonyl (C=O) groups excluding carboxylic acids is 1. The second-order valence-corrected chi connectivity index (χ2v) is 11.0. The van der Waals surface area contributed by atoms with Gasteiger partial charge in [0.05, 0.1) is 30.8 Å². The molecule has 0 aliphatic heterocycles. The zero-order chi connectivity index (χ0) is 26.3. The summed E-state index contributed by atoms with van der Waals surface area (Å²) in [5.74, 6) is 0.815. The summed E-state index contributed by atoms with van der Waals surface area (Å²) in [4.78, 5) is 13.4. The fourth-order valence-corrected chi connectivity index (χ4v) is 5.44. The third-order valence-electron chi connectivity index (χ3n) is 5.59. The third-order valence-corrected chi connectivity index (χ3v) is 7.60. The number of hydrogen-bond acceptors (Lipinski definition) is 5. The quantitative estimate of drug-likeness (QED) is 0.356. The van der Waals surface area contributed by atoms with Crippen LogP contribution in [0.5, 0.6) is 11.5 Å². The van der Waals surface area contributed by atoms with Gasteiger partial charge in [-0.25, -0.2) is 8.42 Å². The van der Waals surface area contributed by atoms with Crippen LogP contribution in [0.15, 0.2) is 77.7 Å². The Hall–Kier alpha value is -3.23. The molecule has 3 aromatic rings. The Morgan fingerprint density at radius 2 is 1.64 bits per heavy atom. The molecule has 3 rings (SSSR count). The lowest BCUT2D eigenvalue weighted by molar-refractivity contribution is -0.120. The number of carbonyl (C=O) groups is 1. The van der Waals surface area contributed by atoms with Gasteiger partial charge in [-0.1, -0.05) is 55.8 Å². The van der Waals surface area contributed by atoms with E-state index in [1.165, 1.54) is 25.3 Å². The monoisotopic (exact) mass is 530 g/mol. The Balaban J connectivity index is 1.97. The molecule has 0 spiro atoms. The first-order valence-corrected chi connectivity index (χ1v) is 13.3. The lowest BCUT2D eigenvalue weighted by Crippen LogP contribution is -2.42. The number of rotatable bonds is 11. The van der Waals surface area contributed by atoms with E-state index in [1.807, 2.05) is 24.3 Å². The van der Waals surface area contributed by atoms with Crippen LogP contribution in [0.25, 0.3) is 0 Å². The van der Waals surface area contributed by atoms with E-state index in [9.17, 15) is 13.2 Å². The van der Waals surface area contributed by atoms with Gasteiger partial charge in [0.2, 0.25) is 5.91 Å². The fourth-order valence-electron chi connectivity index (χ4n) is 3.83. The molecule has 0 bridgehead atoms. The summed E-state index contributed by atoms with van der Waals surface area (Å²) in [7, 11) is -1.09. The van der Waals surface area contributed by atoms with Crippen molar-refractivity contribution in [2.45, 2.75) is 31.2 Å². The molecule has 9 heteroatoms. The number of nitrogens with one attached hydrogen (secondary N) is 1. The van der Waals surface area contributed by atoms with Gasteiger partial charge < -0.3 is 14.8 Å². The molecule has 0 aliphatic carbocycles. The Morgan fingerprint density at radius 1 is 0.972 bits per heavy atom. The van der Waals surface area contributed by atoms with Gasteiger partial charge in [0.25, 0.3) is 10.0 Å². The molecule has 0 saturated heterocycles. The summed E-state index contributed by atoms with van der Waals surface area (Å²) in [5.41, 5.74) is 1.07. The molecule has 36 heavy (non-hydrogen) atoms. The number of ether oxygens (including phenoxy) is 2. The average Bonchev–Trinajstić information content (AvgIpc) is 2.87. The van der Waals surface area contributed by atoms with Crippen LogP contribution in [0.1, 0.15) is 31.9 Å². The van der Waals surface area contributed by atoms with Gasteiger partial charge in [0.1, 0.15) is 18.0 Å². The van der Waals surface area contributed by atoms with Gasteiger partial charge in [-0.3, -0.25) is 9.10 Å². The molecule has 1 atom stereocenters. The van der Waals surface area contributed by atoms with Crippen LogP contribution in [0, 0.1) is 5.92 Å². The molecule has 0 aliphatic rings. The summed E-state index contributed by atoms with van der Waals surface area (Å²) < 4.78 is 39.1. The first-order chi connectivity index (χ1) is 17.1. The van der Waals surface area contributed by atoms with Crippen molar-refractivity contribution < 1.29 is 22.7 Å². The Bertz CT molecular complexity index is 1270. The van der Waals surface area contributed by atoms with Gasteiger partial charge in [0, 0.05) is 5.02 Å². The van der Waals surface area contributed by atoms with Crippen LogP contribution in [0.2, 0.25) is 5.02 Å². The number of methoxy groups -OCH3 is 2. The lowest BCUT2D eigenvalue weighted by Gasteiger charge is -2.27. The molecule has 7 nitrogen and oxygen atoms in total. The number of anilines is 1. The standard InChI is InChI=1S/C27H31ClN2O5S/c1-19(2)16-24(20-10-13-22(34-3)14-11-20)29-27(31)18-30(25-17-21(28)12-15-26(25)35-4)36(32,33)23-8-6-5-7-9-23/h5-15,17,19,24H,16,18H2,1-4H3,(H,29,31)/t24-/m0/s1. The molecule has 0 radical (unpaired) electrons. The second kappa shape index (κ2) is 12.1. The highest BCUT2D eigenvalue weighted by Gasteiger charge is 2.30. The highest BCUT2D eigenvalue weighted by atomic mass is 35.5. The van der Waals surface area contributed by atoms with Crippen LogP contribution >= 0.6 is 11.6 Å². The normalized spacial score (nSPS) is 12.2. The molecular weight excluding hydrogens is 500 g/mol. The summed E-state index contributed by atoms with van der Waals surface area (Å²) in [6.45, 7) is 3.66. The number of nitrogens with zero attached hydrogens (tertiary/aromatic N) is 1. The minimum atomic E-state index is -4.11. The Labute approximate surface area is 218 Å².